The van der Waals surface area contributed by atoms with Crippen LogP contribution >= 0.6 is 11.8 Å². The van der Waals surface area contributed by atoms with Gasteiger partial charge in [-0.1, -0.05) is 11.8 Å². The van der Waals surface area contributed by atoms with Crippen molar-refractivity contribution in [3.05, 3.63) is 59.9 Å². The Labute approximate surface area is 164 Å². The number of nitrogens with one attached hydrogen (secondary N) is 1. The van der Waals surface area contributed by atoms with Gasteiger partial charge in [-0.05, 0) is 55.0 Å². The van der Waals surface area contributed by atoms with Crippen LogP contribution in [0.3, 0.4) is 0 Å². The number of hydrogen-bond donors (Lipinski definition) is 1. The largest absolute Gasteiger partial charge is 0.497 e. The molecular formula is C20H17FN4O2S. The summed E-state index contributed by atoms with van der Waals surface area (Å²) in [5.41, 5.74) is 3.26. The second kappa shape index (κ2) is 7.47. The molecule has 2 aromatic heterocycles. The number of carbonyl (C=O) groups excluding carboxylic acids is 1. The van der Waals surface area contributed by atoms with Crippen molar-refractivity contribution in [2.45, 2.75) is 12.1 Å². The van der Waals surface area contributed by atoms with Crippen LogP contribution in [0, 0.1) is 12.7 Å². The Morgan fingerprint density at radius 3 is 2.71 bits per heavy atom. The molecule has 0 aliphatic carbocycles. The lowest BCUT2D eigenvalue weighted by Crippen LogP contribution is -2.14. The second-order valence-electron chi connectivity index (χ2n) is 6.23. The van der Waals surface area contributed by atoms with E-state index in [2.05, 4.69) is 15.5 Å². The number of hydrogen-bond acceptors (Lipinski definition) is 5. The third kappa shape index (κ3) is 3.50. The number of rotatable bonds is 5. The molecule has 0 saturated carbocycles. The van der Waals surface area contributed by atoms with Gasteiger partial charge in [0.1, 0.15) is 11.6 Å². The number of thioether (sulfide) groups is 1. The van der Waals surface area contributed by atoms with Gasteiger partial charge in [-0.2, -0.15) is 0 Å². The smallest absolute Gasteiger partial charge is 0.234 e. The highest BCUT2D eigenvalue weighted by molar-refractivity contribution is 7.99. The Bertz CT molecular complexity index is 1170. The molecule has 4 rings (SSSR count). The van der Waals surface area contributed by atoms with Crippen molar-refractivity contribution in [3.8, 4) is 5.75 Å². The summed E-state index contributed by atoms with van der Waals surface area (Å²) in [4.78, 5) is 12.2. The summed E-state index contributed by atoms with van der Waals surface area (Å²) in [5, 5.41) is 12.9. The quantitative estimate of drug-likeness (QED) is 0.515. The monoisotopic (exact) mass is 396 g/mol. The lowest BCUT2D eigenvalue weighted by molar-refractivity contribution is -0.113. The molecule has 0 fully saturated rings. The van der Waals surface area contributed by atoms with Gasteiger partial charge in [-0.3, -0.25) is 9.20 Å². The summed E-state index contributed by atoms with van der Waals surface area (Å²) in [6.45, 7) is 2.02. The molecule has 0 aliphatic heterocycles. The summed E-state index contributed by atoms with van der Waals surface area (Å²) in [5.74, 6) is 0.331. The normalized spacial score (nSPS) is 11.1. The van der Waals surface area contributed by atoms with E-state index in [1.807, 2.05) is 35.6 Å². The molecule has 0 unspecified atom stereocenters. The highest BCUT2D eigenvalue weighted by Crippen LogP contribution is 2.28. The molecule has 0 radical (unpaired) electrons. The molecule has 28 heavy (non-hydrogen) atoms. The van der Waals surface area contributed by atoms with Gasteiger partial charge in [0, 0.05) is 17.1 Å². The first-order valence-electron chi connectivity index (χ1n) is 8.56. The van der Waals surface area contributed by atoms with Crippen molar-refractivity contribution in [2.75, 3.05) is 18.2 Å². The third-order valence-electron chi connectivity index (χ3n) is 4.33. The lowest BCUT2D eigenvalue weighted by atomic mass is 10.1. The van der Waals surface area contributed by atoms with E-state index in [9.17, 15) is 9.18 Å². The predicted molar refractivity (Wildman–Crippen MR) is 108 cm³/mol. The van der Waals surface area contributed by atoms with E-state index < -0.39 is 0 Å². The average molecular weight is 396 g/mol. The molecule has 1 amide bonds. The molecule has 0 bridgehead atoms. The number of pyridine rings is 1. The minimum Gasteiger partial charge on any atom is -0.497 e. The Balaban J connectivity index is 1.61. The van der Waals surface area contributed by atoms with Gasteiger partial charge in [0.25, 0.3) is 0 Å². The molecule has 1 N–H and O–H groups in total. The maximum atomic E-state index is 13.0. The summed E-state index contributed by atoms with van der Waals surface area (Å²) < 4.78 is 20.2. The number of amides is 1. The number of benzene rings is 2. The van der Waals surface area contributed by atoms with E-state index in [1.54, 1.807) is 7.11 Å². The highest BCUT2D eigenvalue weighted by atomic mass is 32.2. The summed E-state index contributed by atoms with van der Waals surface area (Å²) in [7, 11) is 1.62. The summed E-state index contributed by atoms with van der Waals surface area (Å²) in [6.07, 6.45) is 0. The van der Waals surface area contributed by atoms with E-state index >= 15 is 0 Å². The highest BCUT2D eigenvalue weighted by Gasteiger charge is 2.14. The molecule has 6 nitrogen and oxygen atoms in total. The number of ether oxygens (including phenoxy) is 1. The van der Waals surface area contributed by atoms with E-state index in [1.165, 1.54) is 36.0 Å². The molecule has 2 aromatic carbocycles. The van der Waals surface area contributed by atoms with Crippen LogP contribution < -0.4 is 10.1 Å². The zero-order valence-corrected chi connectivity index (χ0v) is 16.1. The first kappa shape index (κ1) is 18.2. The molecule has 4 aromatic rings. The van der Waals surface area contributed by atoms with Crippen molar-refractivity contribution in [1.82, 2.24) is 14.6 Å². The van der Waals surface area contributed by atoms with Gasteiger partial charge < -0.3 is 10.1 Å². The van der Waals surface area contributed by atoms with Gasteiger partial charge >= 0.3 is 0 Å². The van der Waals surface area contributed by atoms with Crippen molar-refractivity contribution in [3.63, 3.8) is 0 Å². The number of carbonyl (C=O) groups is 1. The van der Waals surface area contributed by atoms with Crippen molar-refractivity contribution >= 4 is 39.9 Å². The fourth-order valence-corrected chi connectivity index (χ4v) is 3.74. The Kier molecular flexibility index (Phi) is 4.87. The van der Waals surface area contributed by atoms with Crippen molar-refractivity contribution in [1.29, 1.82) is 0 Å². The first-order chi connectivity index (χ1) is 13.5. The number of methoxy groups -OCH3 is 1. The van der Waals surface area contributed by atoms with E-state index in [0.717, 1.165) is 22.2 Å². The molecule has 0 saturated heterocycles. The van der Waals surface area contributed by atoms with Crippen LogP contribution in [-0.4, -0.2) is 33.4 Å². The first-order valence-corrected chi connectivity index (χ1v) is 9.54. The van der Waals surface area contributed by atoms with Gasteiger partial charge in [-0.15, -0.1) is 10.2 Å². The zero-order chi connectivity index (χ0) is 19.7. The number of anilines is 1. The van der Waals surface area contributed by atoms with Crippen molar-refractivity contribution < 1.29 is 13.9 Å². The van der Waals surface area contributed by atoms with Gasteiger partial charge in [0.05, 0.1) is 18.4 Å². The topological polar surface area (TPSA) is 68.5 Å². The predicted octanol–water partition coefficient (Wildman–Crippen LogP) is 4.07. The van der Waals surface area contributed by atoms with E-state index in [-0.39, 0.29) is 17.5 Å². The van der Waals surface area contributed by atoms with Crippen LogP contribution in [0.15, 0.2) is 53.7 Å². The number of aryl methyl sites for hydroxylation is 1. The molecule has 142 valence electrons. The number of halogens is 1. The Hall–Kier alpha value is -3.13. The fourth-order valence-electron chi connectivity index (χ4n) is 2.98. The van der Waals surface area contributed by atoms with E-state index in [4.69, 9.17) is 4.74 Å². The fraction of sp³-hybridized carbons (Fsp3) is 0.150. The molecule has 8 heteroatoms. The maximum Gasteiger partial charge on any atom is 0.234 e. The molecular weight excluding hydrogens is 379 g/mol. The van der Waals surface area contributed by atoms with Gasteiger partial charge in [0.15, 0.2) is 10.8 Å². The average Bonchev–Trinajstić information content (AvgIpc) is 3.11. The maximum absolute atomic E-state index is 13.0. The standard InChI is InChI=1S/C20H17FN4O2S/c1-12-9-18-23-24-20(25(18)17-10-15(27-2)7-8-16(12)17)28-11-19(26)22-14-5-3-13(21)4-6-14/h3-10H,11H2,1-2H3,(H,22,26). The number of nitrogens with zero attached hydrogens (tertiary/aromatic N) is 3. The zero-order valence-electron chi connectivity index (χ0n) is 15.3. The third-order valence-corrected chi connectivity index (χ3v) is 5.26. The van der Waals surface area contributed by atoms with Crippen LogP contribution in [0.5, 0.6) is 5.75 Å². The second-order valence-corrected chi connectivity index (χ2v) is 7.17. The van der Waals surface area contributed by atoms with Crippen LogP contribution in [0.1, 0.15) is 5.56 Å². The summed E-state index contributed by atoms with van der Waals surface area (Å²) in [6, 6.07) is 13.5. The molecule has 2 heterocycles. The summed E-state index contributed by atoms with van der Waals surface area (Å²) >= 11 is 1.28. The number of fused-ring (bicyclic) bond motifs is 3. The molecule has 0 aliphatic rings. The van der Waals surface area contributed by atoms with E-state index in [0.29, 0.717) is 16.5 Å². The van der Waals surface area contributed by atoms with Crippen LogP contribution in [-0.2, 0) is 4.79 Å². The minimum atomic E-state index is -0.347. The minimum absolute atomic E-state index is 0.150. The Morgan fingerprint density at radius 1 is 1.18 bits per heavy atom. The van der Waals surface area contributed by atoms with Crippen molar-refractivity contribution in [2.24, 2.45) is 0 Å². The van der Waals surface area contributed by atoms with Crippen LogP contribution in [0.4, 0.5) is 10.1 Å². The van der Waals surface area contributed by atoms with Gasteiger partial charge in [-0.25, -0.2) is 4.39 Å². The van der Waals surface area contributed by atoms with Crippen LogP contribution in [0.25, 0.3) is 16.6 Å². The van der Waals surface area contributed by atoms with Gasteiger partial charge in [0.2, 0.25) is 5.91 Å². The molecule has 0 atom stereocenters. The Morgan fingerprint density at radius 2 is 1.96 bits per heavy atom. The molecule has 0 spiro atoms. The lowest BCUT2D eigenvalue weighted by Gasteiger charge is -2.09. The van der Waals surface area contributed by atoms with Crippen LogP contribution in [0.2, 0.25) is 0 Å². The SMILES string of the molecule is COc1ccc2c(C)cc3nnc(SCC(=O)Nc4ccc(F)cc4)n3c2c1. The number of aromatic nitrogens is 3.